The van der Waals surface area contributed by atoms with Crippen LogP contribution >= 0.6 is 11.6 Å². The fraction of sp³-hybridized carbons (Fsp3) is 0.261. The minimum absolute atomic E-state index is 0.0805. The van der Waals surface area contributed by atoms with E-state index in [-0.39, 0.29) is 30.3 Å². The zero-order chi connectivity index (χ0) is 22.4. The monoisotopic (exact) mass is 452 g/mol. The van der Waals surface area contributed by atoms with E-state index in [1.165, 1.54) is 6.07 Å². The van der Waals surface area contributed by atoms with Crippen molar-refractivity contribution in [2.24, 2.45) is 0 Å². The van der Waals surface area contributed by atoms with Crippen molar-refractivity contribution >= 4 is 17.6 Å². The third kappa shape index (κ3) is 6.28. The number of carbonyl (C=O) groups is 1. The maximum atomic E-state index is 13.4. The lowest BCUT2D eigenvalue weighted by Gasteiger charge is -2.09. The van der Waals surface area contributed by atoms with Gasteiger partial charge in [0.05, 0.1) is 6.61 Å². The molecule has 1 aromatic heterocycles. The Morgan fingerprint density at radius 2 is 1.74 bits per heavy atom. The summed E-state index contributed by atoms with van der Waals surface area (Å²) in [5.41, 5.74) is 1.26. The van der Waals surface area contributed by atoms with Gasteiger partial charge in [0.25, 0.3) is 0 Å². The first kappa shape index (κ1) is 22.7. The lowest BCUT2D eigenvalue weighted by Crippen LogP contribution is -2.08. The maximum Gasteiger partial charge on any atom is 0.449 e. The van der Waals surface area contributed by atoms with Gasteiger partial charge < -0.3 is 13.9 Å². The number of aryl methyl sites for hydroxylation is 1. The first-order valence-electron chi connectivity index (χ1n) is 9.59. The Morgan fingerprint density at radius 3 is 2.35 bits per heavy atom. The van der Waals surface area contributed by atoms with Crippen LogP contribution in [0, 0.1) is 0 Å². The summed E-state index contributed by atoms with van der Waals surface area (Å²) in [6.07, 6.45) is -3.89. The highest BCUT2D eigenvalue weighted by atomic mass is 35.5. The van der Waals surface area contributed by atoms with Gasteiger partial charge in [-0.25, -0.2) is 0 Å². The van der Waals surface area contributed by atoms with Crippen LogP contribution in [0.25, 0.3) is 11.3 Å². The SMILES string of the molecule is CCOC(=O)CCc1ccc(OCc2cc(-c3ccc(Cl)cc3)oc2C(F)(F)F)cc1. The number of hydrogen-bond donors (Lipinski definition) is 0. The van der Waals surface area contributed by atoms with Gasteiger partial charge in [0.2, 0.25) is 5.76 Å². The second-order valence-corrected chi connectivity index (χ2v) is 7.14. The van der Waals surface area contributed by atoms with Crippen molar-refractivity contribution in [1.82, 2.24) is 0 Å². The van der Waals surface area contributed by atoms with Crippen LogP contribution in [0.3, 0.4) is 0 Å². The van der Waals surface area contributed by atoms with E-state index in [1.54, 1.807) is 55.5 Å². The number of ether oxygens (including phenoxy) is 2. The molecular formula is C23H20ClF3O4. The molecule has 3 rings (SSSR count). The Hall–Kier alpha value is -2.93. The van der Waals surface area contributed by atoms with E-state index in [4.69, 9.17) is 25.5 Å². The van der Waals surface area contributed by atoms with Gasteiger partial charge in [-0.2, -0.15) is 13.2 Å². The van der Waals surface area contributed by atoms with Crippen LogP contribution in [0.1, 0.15) is 30.2 Å². The Kier molecular flexibility index (Phi) is 7.28. The largest absolute Gasteiger partial charge is 0.489 e. The van der Waals surface area contributed by atoms with Gasteiger partial charge in [0, 0.05) is 22.6 Å². The third-order valence-electron chi connectivity index (χ3n) is 4.44. The number of esters is 1. The number of hydrogen-bond acceptors (Lipinski definition) is 4. The molecular weight excluding hydrogens is 433 g/mol. The molecule has 0 aliphatic rings. The van der Waals surface area contributed by atoms with E-state index < -0.39 is 11.9 Å². The molecule has 0 saturated carbocycles. The van der Waals surface area contributed by atoms with Crippen molar-refractivity contribution in [1.29, 1.82) is 0 Å². The highest BCUT2D eigenvalue weighted by molar-refractivity contribution is 6.30. The van der Waals surface area contributed by atoms with Crippen LogP contribution in [-0.4, -0.2) is 12.6 Å². The van der Waals surface area contributed by atoms with Crippen LogP contribution in [-0.2, 0) is 28.7 Å². The second-order valence-electron chi connectivity index (χ2n) is 6.71. The predicted octanol–water partition coefficient (Wildman–Crippen LogP) is 6.69. The summed E-state index contributed by atoms with van der Waals surface area (Å²) in [5.74, 6) is -0.887. The summed E-state index contributed by atoms with van der Waals surface area (Å²) in [7, 11) is 0. The van der Waals surface area contributed by atoms with Gasteiger partial charge in [-0.3, -0.25) is 4.79 Å². The van der Waals surface area contributed by atoms with Crippen LogP contribution < -0.4 is 4.74 Å². The molecule has 0 unspecified atom stereocenters. The third-order valence-corrected chi connectivity index (χ3v) is 4.69. The summed E-state index contributed by atoms with van der Waals surface area (Å²) < 4.78 is 55.8. The molecule has 3 aromatic rings. The van der Waals surface area contributed by atoms with Gasteiger partial charge in [0.1, 0.15) is 18.1 Å². The van der Waals surface area contributed by atoms with Crippen molar-refractivity contribution in [3.63, 3.8) is 0 Å². The van der Waals surface area contributed by atoms with Gasteiger partial charge in [0.15, 0.2) is 0 Å². The summed E-state index contributed by atoms with van der Waals surface area (Å²) in [5, 5.41) is 0.473. The maximum absolute atomic E-state index is 13.4. The molecule has 0 radical (unpaired) electrons. The average molecular weight is 453 g/mol. The number of rotatable bonds is 8. The molecule has 2 aromatic carbocycles. The summed E-state index contributed by atoms with van der Waals surface area (Å²) in [6, 6.07) is 14.4. The number of alkyl halides is 3. The smallest absolute Gasteiger partial charge is 0.449 e. The Balaban J connectivity index is 1.69. The molecule has 0 N–H and O–H groups in total. The molecule has 0 aliphatic carbocycles. The van der Waals surface area contributed by atoms with E-state index >= 15 is 0 Å². The van der Waals surface area contributed by atoms with Gasteiger partial charge in [-0.05, 0) is 61.4 Å². The highest BCUT2D eigenvalue weighted by Gasteiger charge is 2.38. The first-order valence-corrected chi connectivity index (χ1v) is 9.97. The van der Waals surface area contributed by atoms with Gasteiger partial charge in [-0.15, -0.1) is 0 Å². The topological polar surface area (TPSA) is 48.7 Å². The quantitative estimate of drug-likeness (QED) is 0.357. The number of benzene rings is 2. The highest BCUT2D eigenvalue weighted by Crippen LogP contribution is 2.38. The molecule has 31 heavy (non-hydrogen) atoms. The molecule has 0 fully saturated rings. The molecule has 0 atom stereocenters. The van der Waals surface area contributed by atoms with Crippen LogP contribution in [0.4, 0.5) is 13.2 Å². The van der Waals surface area contributed by atoms with Crippen LogP contribution in [0.2, 0.25) is 5.02 Å². The van der Waals surface area contributed by atoms with Crippen molar-refractivity contribution in [3.8, 4) is 17.1 Å². The zero-order valence-corrected chi connectivity index (χ0v) is 17.4. The predicted molar refractivity (Wildman–Crippen MR) is 110 cm³/mol. The second kappa shape index (κ2) is 9.92. The van der Waals surface area contributed by atoms with Crippen LogP contribution in [0.5, 0.6) is 5.75 Å². The molecule has 0 saturated heterocycles. The molecule has 1 heterocycles. The molecule has 0 aliphatic heterocycles. The van der Waals surface area contributed by atoms with Crippen molar-refractivity contribution in [2.75, 3.05) is 6.61 Å². The van der Waals surface area contributed by atoms with Crippen molar-refractivity contribution < 1.29 is 31.9 Å². The minimum atomic E-state index is -4.65. The summed E-state index contributed by atoms with van der Waals surface area (Å²) in [6.45, 7) is 1.76. The van der Waals surface area contributed by atoms with E-state index in [2.05, 4.69) is 0 Å². The van der Waals surface area contributed by atoms with E-state index in [9.17, 15) is 18.0 Å². The normalized spacial score (nSPS) is 11.4. The minimum Gasteiger partial charge on any atom is -0.489 e. The van der Waals surface area contributed by atoms with E-state index in [1.807, 2.05) is 0 Å². The number of halogens is 4. The molecule has 0 amide bonds. The van der Waals surface area contributed by atoms with Gasteiger partial charge in [-0.1, -0.05) is 23.7 Å². The molecule has 0 spiro atoms. The summed E-state index contributed by atoms with van der Waals surface area (Å²) in [4.78, 5) is 11.4. The van der Waals surface area contributed by atoms with Gasteiger partial charge >= 0.3 is 12.1 Å². The van der Waals surface area contributed by atoms with E-state index in [0.29, 0.717) is 29.4 Å². The molecule has 4 nitrogen and oxygen atoms in total. The fourth-order valence-corrected chi connectivity index (χ4v) is 3.05. The lowest BCUT2D eigenvalue weighted by atomic mass is 10.1. The Bertz CT molecular complexity index is 1010. The Labute approximate surface area is 182 Å². The summed E-state index contributed by atoms with van der Waals surface area (Å²) >= 11 is 5.83. The first-order chi connectivity index (χ1) is 14.8. The molecule has 164 valence electrons. The fourth-order valence-electron chi connectivity index (χ4n) is 2.93. The molecule has 0 bridgehead atoms. The molecule has 8 heteroatoms. The van der Waals surface area contributed by atoms with Crippen molar-refractivity contribution in [2.45, 2.75) is 32.5 Å². The lowest BCUT2D eigenvalue weighted by molar-refractivity contribution is -0.153. The zero-order valence-electron chi connectivity index (χ0n) is 16.7. The Morgan fingerprint density at radius 1 is 1.06 bits per heavy atom. The number of carbonyl (C=O) groups excluding carboxylic acids is 1. The average Bonchev–Trinajstić information content (AvgIpc) is 3.17. The van der Waals surface area contributed by atoms with Crippen molar-refractivity contribution in [3.05, 3.63) is 76.5 Å². The standard InChI is InChI=1S/C23H20ClF3O4/c1-2-29-21(28)12-5-15-3-10-19(11-4-15)30-14-17-13-20(31-22(17)23(25,26)27)16-6-8-18(24)9-7-16/h3-4,6-11,13H,2,5,12,14H2,1H3. The van der Waals surface area contributed by atoms with Crippen LogP contribution in [0.15, 0.2) is 59.0 Å². The number of furan rings is 1. The van der Waals surface area contributed by atoms with E-state index in [0.717, 1.165) is 5.56 Å².